The van der Waals surface area contributed by atoms with E-state index in [-0.39, 0.29) is 0 Å². The molecule has 6 nitrogen and oxygen atoms in total. The first-order valence-electron chi connectivity index (χ1n) is 21.2. The van der Waals surface area contributed by atoms with Crippen molar-refractivity contribution in [2.75, 3.05) is 9.80 Å². The summed E-state index contributed by atoms with van der Waals surface area (Å²) < 4.78 is 10.1. The van der Waals surface area contributed by atoms with Crippen LogP contribution in [0.2, 0.25) is 0 Å². The Labute approximate surface area is 369 Å². The van der Waals surface area contributed by atoms with E-state index in [0.717, 1.165) is 101 Å². The molecule has 1 aliphatic rings. The van der Waals surface area contributed by atoms with E-state index in [0.29, 0.717) is 0 Å². The van der Waals surface area contributed by atoms with Crippen LogP contribution in [0.3, 0.4) is 0 Å². The maximum Gasteiger partial charge on any atom is 0.115 e. The summed E-state index contributed by atoms with van der Waals surface area (Å²) in [5.41, 5.74) is 20.0. The highest BCUT2D eigenvalue weighted by Gasteiger charge is 2.30. The van der Waals surface area contributed by atoms with Crippen molar-refractivity contribution in [2.45, 2.75) is 13.8 Å². The Morgan fingerprint density at radius 3 is 1.02 bits per heavy atom. The summed E-state index contributed by atoms with van der Waals surface area (Å²) in [5, 5.41) is 2.49. The van der Waals surface area contributed by atoms with Crippen LogP contribution in [0.4, 0.5) is 34.1 Å². The molecule has 0 saturated heterocycles. The van der Waals surface area contributed by atoms with E-state index in [1.54, 1.807) is 0 Å². The molecule has 0 fully saturated rings. The summed E-state index contributed by atoms with van der Waals surface area (Å²) in [6, 6.07) is 68.3. The van der Waals surface area contributed by atoms with Gasteiger partial charge in [0.2, 0.25) is 0 Å². The monoisotopic (exact) mass is 826 g/mol. The summed E-state index contributed by atoms with van der Waals surface area (Å²) >= 11 is 1.23. The first-order valence-corrected chi connectivity index (χ1v) is 21.9. The predicted octanol–water partition coefficient (Wildman–Crippen LogP) is 15.3. The fourth-order valence-corrected chi connectivity index (χ4v) is 10.0. The van der Waals surface area contributed by atoms with Crippen molar-refractivity contribution in [3.8, 4) is 44.8 Å². The van der Waals surface area contributed by atoms with Gasteiger partial charge in [-0.15, -0.1) is 0 Å². The van der Waals surface area contributed by atoms with Crippen molar-refractivity contribution in [3.05, 3.63) is 205 Å². The van der Waals surface area contributed by atoms with Crippen LogP contribution < -0.4 is 9.80 Å². The molecule has 0 bridgehead atoms. The average Bonchev–Trinajstić information content (AvgIpc) is 3.94. The Balaban J connectivity index is 1.08. The zero-order valence-corrected chi connectivity index (χ0v) is 35.4. The molecule has 298 valence electrons. The van der Waals surface area contributed by atoms with E-state index in [4.69, 9.17) is 18.7 Å². The van der Waals surface area contributed by atoms with Gasteiger partial charge in [-0.2, -0.15) is 8.75 Å². The number of hydrogen-bond acceptors (Lipinski definition) is 7. The Kier molecular flexibility index (Phi) is 8.69. The highest BCUT2D eigenvalue weighted by molar-refractivity contribution is 7.00. The molecule has 0 spiro atoms. The van der Waals surface area contributed by atoms with Crippen molar-refractivity contribution in [2.24, 2.45) is 0 Å². The predicted molar refractivity (Wildman–Crippen MR) is 262 cm³/mol. The van der Waals surface area contributed by atoms with Gasteiger partial charge in [-0.25, -0.2) is 9.97 Å². The summed E-state index contributed by atoms with van der Waals surface area (Å²) in [6.07, 6.45) is 0. The van der Waals surface area contributed by atoms with E-state index in [2.05, 4.69) is 218 Å². The van der Waals surface area contributed by atoms with Gasteiger partial charge < -0.3 is 9.80 Å². The van der Waals surface area contributed by atoms with E-state index >= 15 is 0 Å². The topological polar surface area (TPSA) is 58.0 Å². The Morgan fingerprint density at radius 2 is 0.667 bits per heavy atom. The zero-order valence-electron chi connectivity index (χ0n) is 34.6. The van der Waals surface area contributed by atoms with E-state index in [1.807, 2.05) is 0 Å². The SMILES string of the molecule is Cc1ccc2c3c(ccc(C)c13)-c1nc3c(-c4ccc(N(c5ccccc5)c5ccccc5)cc4)c4nsnc4c(-c4ccc(N(c5ccccc5)c5ccccc5)cc4)c3nc1-2. The molecule has 0 unspecified atom stereocenters. The molecule has 0 saturated carbocycles. The van der Waals surface area contributed by atoms with Crippen molar-refractivity contribution in [1.29, 1.82) is 0 Å². The molecule has 0 amide bonds. The average molecular weight is 827 g/mol. The zero-order chi connectivity index (χ0) is 42.0. The van der Waals surface area contributed by atoms with Gasteiger partial charge in [0.1, 0.15) is 22.1 Å². The quantitative estimate of drug-likeness (QED) is 0.152. The Hall–Kier alpha value is -8.00. The molecule has 0 atom stereocenters. The lowest BCUT2D eigenvalue weighted by molar-refractivity contribution is 1.28. The van der Waals surface area contributed by atoms with E-state index < -0.39 is 0 Å². The third kappa shape index (κ3) is 6.00. The molecular weight excluding hydrogens is 789 g/mol. The van der Waals surface area contributed by atoms with Crippen LogP contribution in [0.1, 0.15) is 11.1 Å². The third-order valence-corrected chi connectivity index (χ3v) is 12.8. The minimum atomic E-state index is 0.803. The molecule has 0 N–H and O–H groups in total. The molecule has 7 heteroatoms. The molecular formula is C56H38N6S. The highest BCUT2D eigenvalue weighted by Crippen LogP contribution is 2.51. The normalized spacial score (nSPS) is 11.7. The fourth-order valence-electron chi connectivity index (χ4n) is 9.47. The van der Waals surface area contributed by atoms with Crippen molar-refractivity contribution < 1.29 is 0 Å². The second-order valence-electron chi connectivity index (χ2n) is 16.0. The van der Waals surface area contributed by atoms with Crippen LogP contribution in [0.25, 0.3) is 77.6 Å². The summed E-state index contributed by atoms with van der Waals surface area (Å²) in [4.78, 5) is 15.9. The maximum absolute atomic E-state index is 5.68. The standard InChI is InChI=1S/C56H38N6S/c1-35-23-33-45-50-46(34-24-36(2)47(35)50)52-51(45)57-53-48(37-25-29-43(30-26-37)61(39-15-7-3-8-16-39)40-17-9-4-10-18-40)55-56(60-63-59-55)49(54(53)58-52)38-27-31-44(32-28-38)62(41-19-11-5-12-20-41)42-21-13-6-14-22-42/h3-34H,1-2H3. The van der Waals surface area contributed by atoms with Gasteiger partial charge in [-0.05, 0) is 114 Å². The van der Waals surface area contributed by atoms with Crippen LogP contribution in [0.15, 0.2) is 194 Å². The molecule has 2 aromatic heterocycles. The Morgan fingerprint density at radius 1 is 0.333 bits per heavy atom. The van der Waals surface area contributed by atoms with Gasteiger partial charge in [-0.3, -0.25) is 0 Å². The third-order valence-electron chi connectivity index (χ3n) is 12.3. The number of aryl methyl sites for hydroxylation is 2. The van der Waals surface area contributed by atoms with Gasteiger partial charge in [0.05, 0.1) is 23.1 Å². The first-order chi connectivity index (χ1) is 31.1. The van der Waals surface area contributed by atoms with Crippen molar-refractivity contribution in [1.82, 2.24) is 18.7 Å². The van der Waals surface area contributed by atoms with Crippen molar-refractivity contribution in [3.63, 3.8) is 0 Å². The molecule has 12 rings (SSSR count). The van der Waals surface area contributed by atoms with Crippen molar-refractivity contribution >= 4 is 78.7 Å². The second kappa shape index (κ2) is 14.9. The number of fused-ring (bicyclic) bond motifs is 5. The van der Waals surface area contributed by atoms with Gasteiger partial charge in [0, 0.05) is 61.8 Å². The number of para-hydroxylation sites is 4. The largest absolute Gasteiger partial charge is 0.311 e. The van der Waals surface area contributed by atoms with Gasteiger partial charge in [0.25, 0.3) is 0 Å². The van der Waals surface area contributed by atoms with Gasteiger partial charge >= 0.3 is 0 Å². The van der Waals surface area contributed by atoms with Crippen LogP contribution in [0, 0.1) is 13.8 Å². The fraction of sp³-hybridized carbons (Fsp3) is 0.0357. The Bertz CT molecular complexity index is 3190. The minimum absolute atomic E-state index is 0.803. The number of aromatic nitrogens is 4. The first kappa shape index (κ1) is 36.8. The van der Waals surface area contributed by atoms with E-state index in [1.165, 1.54) is 33.6 Å². The van der Waals surface area contributed by atoms with Gasteiger partial charge in [-0.1, -0.05) is 121 Å². The minimum Gasteiger partial charge on any atom is -0.311 e. The van der Waals surface area contributed by atoms with Crippen LogP contribution in [-0.2, 0) is 0 Å². The number of hydrogen-bond donors (Lipinski definition) is 0. The van der Waals surface area contributed by atoms with Crippen LogP contribution in [-0.4, -0.2) is 18.7 Å². The number of benzene rings is 9. The molecule has 1 aliphatic carbocycles. The smallest absolute Gasteiger partial charge is 0.115 e. The molecule has 0 aliphatic heterocycles. The number of nitrogens with zero attached hydrogens (tertiary/aromatic N) is 6. The lowest BCUT2D eigenvalue weighted by Crippen LogP contribution is -2.09. The lowest BCUT2D eigenvalue weighted by atomic mass is 9.94. The summed E-state index contributed by atoms with van der Waals surface area (Å²) in [5.74, 6) is 0. The second-order valence-corrected chi connectivity index (χ2v) is 16.6. The summed E-state index contributed by atoms with van der Waals surface area (Å²) in [7, 11) is 0. The lowest BCUT2D eigenvalue weighted by Gasteiger charge is -2.25. The highest BCUT2D eigenvalue weighted by atomic mass is 32.1. The molecule has 9 aromatic carbocycles. The van der Waals surface area contributed by atoms with Gasteiger partial charge in [0.15, 0.2) is 0 Å². The summed E-state index contributed by atoms with van der Waals surface area (Å²) in [6.45, 7) is 4.39. The molecule has 11 aromatic rings. The van der Waals surface area contributed by atoms with E-state index in [9.17, 15) is 0 Å². The van der Waals surface area contributed by atoms with Crippen LogP contribution >= 0.6 is 11.7 Å². The number of rotatable bonds is 8. The maximum atomic E-state index is 5.68. The van der Waals surface area contributed by atoms with Crippen LogP contribution in [0.5, 0.6) is 0 Å². The molecule has 63 heavy (non-hydrogen) atoms. The molecule has 2 heterocycles. The molecule has 0 radical (unpaired) electrons. The number of anilines is 6.